The van der Waals surface area contributed by atoms with Gasteiger partial charge in [0.05, 0.1) is 18.6 Å². The summed E-state index contributed by atoms with van der Waals surface area (Å²) in [6, 6.07) is 2.51. The van der Waals surface area contributed by atoms with Gasteiger partial charge in [-0.25, -0.2) is 14.8 Å². The lowest BCUT2D eigenvalue weighted by Gasteiger charge is -2.32. The second kappa shape index (κ2) is 11.1. The zero-order valence-corrected chi connectivity index (χ0v) is 21.2. The summed E-state index contributed by atoms with van der Waals surface area (Å²) in [5.41, 5.74) is 2.73. The van der Waals surface area contributed by atoms with E-state index < -0.39 is 0 Å². The molecule has 2 aromatic heterocycles. The Kier molecular flexibility index (Phi) is 7.90. The van der Waals surface area contributed by atoms with Gasteiger partial charge in [-0.3, -0.25) is 4.79 Å². The summed E-state index contributed by atoms with van der Waals surface area (Å²) in [4.78, 5) is 39.6. The number of hydrogen-bond donors (Lipinski definition) is 1. The highest BCUT2D eigenvalue weighted by Gasteiger charge is 2.31. The molecule has 0 saturated carbocycles. The minimum atomic E-state index is -0.284. The lowest BCUT2D eigenvalue weighted by Crippen LogP contribution is -2.44. The van der Waals surface area contributed by atoms with Gasteiger partial charge in [0.15, 0.2) is 5.65 Å². The van der Waals surface area contributed by atoms with Crippen LogP contribution in [0.3, 0.4) is 0 Å². The number of rotatable bonds is 7. The molecule has 0 unspecified atom stereocenters. The van der Waals surface area contributed by atoms with Crippen LogP contribution in [-0.2, 0) is 9.53 Å². The molecule has 2 aromatic rings. The largest absolute Gasteiger partial charge is 0.444 e. The van der Waals surface area contributed by atoms with Crippen molar-refractivity contribution in [1.82, 2.24) is 29.2 Å². The predicted molar refractivity (Wildman–Crippen MR) is 135 cm³/mol. The maximum absolute atomic E-state index is 12.7. The van der Waals surface area contributed by atoms with Gasteiger partial charge in [0.1, 0.15) is 11.6 Å². The van der Waals surface area contributed by atoms with Gasteiger partial charge in [-0.05, 0) is 46.9 Å². The van der Waals surface area contributed by atoms with Crippen LogP contribution in [0.4, 0.5) is 10.5 Å². The fourth-order valence-electron chi connectivity index (χ4n) is 4.57. The Morgan fingerprint density at radius 2 is 1.91 bits per heavy atom. The van der Waals surface area contributed by atoms with E-state index in [0.717, 1.165) is 36.2 Å². The molecule has 2 aliphatic rings. The van der Waals surface area contributed by atoms with Crippen molar-refractivity contribution in [2.24, 2.45) is 0 Å². The van der Waals surface area contributed by atoms with Crippen molar-refractivity contribution in [2.45, 2.75) is 51.3 Å². The van der Waals surface area contributed by atoms with E-state index in [2.05, 4.69) is 33.7 Å². The van der Waals surface area contributed by atoms with Gasteiger partial charge in [0.2, 0.25) is 5.91 Å². The normalized spacial score (nSPS) is 19.4. The van der Waals surface area contributed by atoms with Gasteiger partial charge >= 0.3 is 6.09 Å². The van der Waals surface area contributed by atoms with Crippen LogP contribution in [0, 0.1) is 0 Å². The van der Waals surface area contributed by atoms with Crippen LogP contribution in [0.1, 0.15) is 39.2 Å². The zero-order chi connectivity index (χ0) is 24.9. The van der Waals surface area contributed by atoms with E-state index in [1.54, 1.807) is 15.9 Å². The quantitative estimate of drug-likeness (QED) is 0.605. The summed E-state index contributed by atoms with van der Waals surface area (Å²) < 4.78 is 7.80. The molecule has 0 spiro atoms. The number of nitrogens with one attached hydrogen (secondary N) is 1. The van der Waals surface area contributed by atoms with E-state index in [-0.39, 0.29) is 24.1 Å². The number of ether oxygens (including phenoxy) is 1. The first-order valence-electron chi connectivity index (χ1n) is 12.5. The Morgan fingerprint density at radius 3 is 2.63 bits per heavy atom. The van der Waals surface area contributed by atoms with Crippen molar-refractivity contribution in [3.63, 3.8) is 0 Å². The first-order chi connectivity index (χ1) is 16.8. The van der Waals surface area contributed by atoms with Crippen LogP contribution >= 0.6 is 0 Å². The molecule has 190 valence electrons. The average molecular weight is 484 g/mol. The predicted octanol–water partition coefficient (Wildman–Crippen LogP) is 2.74. The SMILES string of the molecule is CC(C)n1cnc2c(NC3CCN(C(=O)O[C@H]4CCN(C(=O)/C=C/CN(C)C)C4)CC3)ccnc21. The van der Waals surface area contributed by atoms with Crippen molar-refractivity contribution in [2.75, 3.05) is 52.1 Å². The van der Waals surface area contributed by atoms with E-state index in [1.807, 2.05) is 43.7 Å². The summed E-state index contributed by atoms with van der Waals surface area (Å²) in [5.74, 6) is -0.0271. The number of pyridine rings is 1. The van der Waals surface area contributed by atoms with E-state index in [1.165, 1.54) is 0 Å². The molecule has 35 heavy (non-hydrogen) atoms. The van der Waals surface area contributed by atoms with Gasteiger partial charge in [-0.15, -0.1) is 0 Å². The van der Waals surface area contributed by atoms with E-state index >= 15 is 0 Å². The molecule has 10 heteroatoms. The van der Waals surface area contributed by atoms with Gasteiger partial charge < -0.3 is 29.3 Å². The van der Waals surface area contributed by atoms with Gasteiger partial charge in [-0.1, -0.05) is 6.08 Å². The molecule has 10 nitrogen and oxygen atoms in total. The van der Waals surface area contributed by atoms with Crippen molar-refractivity contribution in [3.8, 4) is 0 Å². The molecule has 2 amide bonds. The number of hydrogen-bond acceptors (Lipinski definition) is 7. The number of piperidine rings is 1. The first kappa shape index (κ1) is 25.0. The monoisotopic (exact) mass is 483 g/mol. The van der Waals surface area contributed by atoms with Gasteiger partial charge in [0, 0.05) is 57.0 Å². The second-order valence-corrected chi connectivity index (χ2v) is 9.93. The third-order valence-electron chi connectivity index (χ3n) is 6.59. The second-order valence-electron chi connectivity index (χ2n) is 9.93. The fourth-order valence-corrected chi connectivity index (χ4v) is 4.57. The number of aromatic nitrogens is 3. The molecule has 4 heterocycles. The van der Waals surface area contributed by atoms with Crippen molar-refractivity contribution in [3.05, 3.63) is 30.7 Å². The topological polar surface area (TPSA) is 95.8 Å². The Hall–Kier alpha value is -3.14. The molecule has 2 aliphatic heterocycles. The van der Waals surface area contributed by atoms with Crippen molar-refractivity contribution < 1.29 is 14.3 Å². The standard InChI is InChI=1S/C25H37N7O3/c1-18(2)32-17-27-23-21(7-11-26-24(23)32)28-19-8-13-30(14-9-19)25(34)35-20-10-15-31(16-20)22(33)6-5-12-29(3)4/h5-7,11,17-20H,8-10,12-16H2,1-4H3,(H,26,28)/b6-5+/t20-/m0/s1. The fraction of sp³-hybridized carbons (Fsp3) is 0.600. The summed E-state index contributed by atoms with van der Waals surface area (Å²) >= 11 is 0. The first-order valence-corrected chi connectivity index (χ1v) is 12.5. The van der Waals surface area contributed by atoms with Crippen LogP contribution in [0.15, 0.2) is 30.7 Å². The summed E-state index contributed by atoms with van der Waals surface area (Å²) in [7, 11) is 3.91. The number of fused-ring (bicyclic) bond motifs is 1. The van der Waals surface area contributed by atoms with Crippen LogP contribution in [0.5, 0.6) is 0 Å². The van der Waals surface area contributed by atoms with Gasteiger partial charge in [0.25, 0.3) is 0 Å². The van der Waals surface area contributed by atoms with Crippen LogP contribution in [0.25, 0.3) is 11.2 Å². The van der Waals surface area contributed by atoms with E-state index in [9.17, 15) is 9.59 Å². The molecule has 0 aliphatic carbocycles. The highest BCUT2D eigenvalue weighted by atomic mass is 16.6. The molecule has 4 rings (SSSR count). The third kappa shape index (κ3) is 6.11. The van der Waals surface area contributed by atoms with Crippen molar-refractivity contribution in [1.29, 1.82) is 0 Å². The van der Waals surface area contributed by atoms with E-state index in [4.69, 9.17) is 4.74 Å². The van der Waals surface area contributed by atoms with Crippen LogP contribution < -0.4 is 5.32 Å². The number of amides is 2. The number of likely N-dealkylation sites (tertiary alicyclic amines) is 2. The molecular formula is C25H37N7O3. The maximum Gasteiger partial charge on any atom is 0.410 e. The number of anilines is 1. The lowest BCUT2D eigenvalue weighted by atomic mass is 10.1. The van der Waals surface area contributed by atoms with Crippen LogP contribution in [-0.4, -0.2) is 100 Å². The van der Waals surface area contributed by atoms with Crippen molar-refractivity contribution >= 4 is 28.9 Å². The molecule has 2 fully saturated rings. The highest BCUT2D eigenvalue weighted by Crippen LogP contribution is 2.25. The Bertz CT molecular complexity index is 1060. The number of imidazole rings is 1. The number of carbonyl (C=O) groups excluding carboxylic acids is 2. The highest BCUT2D eigenvalue weighted by molar-refractivity contribution is 5.88. The molecule has 1 atom stereocenters. The molecular weight excluding hydrogens is 446 g/mol. The number of likely N-dealkylation sites (N-methyl/N-ethyl adjacent to an activating group) is 1. The summed E-state index contributed by atoms with van der Waals surface area (Å²) in [5, 5.41) is 3.60. The van der Waals surface area contributed by atoms with Crippen LogP contribution in [0.2, 0.25) is 0 Å². The zero-order valence-electron chi connectivity index (χ0n) is 21.2. The van der Waals surface area contributed by atoms with Gasteiger partial charge in [-0.2, -0.15) is 0 Å². The third-order valence-corrected chi connectivity index (χ3v) is 6.59. The Balaban J connectivity index is 1.24. The van der Waals surface area contributed by atoms with E-state index in [0.29, 0.717) is 38.6 Å². The molecule has 0 aromatic carbocycles. The smallest absolute Gasteiger partial charge is 0.410 e. The Labute approximate surface area is 206 Å². The maximum atomic E-state index is 12.7. The lowest BCUT2D eigenvalue weighted by molar-refractivity contribution is -0.125. The molecule has 1 N–H and O–H groups in total. The minimum Gasteiger partial charge on any atom is -0.444 e. The average Bonchev–Trinajstić information content (AvgIpc) is 3.47. The summed E-state index contributed by atoms with van der Waals surface area (Å²) in [6.07, 6.45) is 8.91. The molecule has 0 bridgehead atoms. The Morgan fingerprint density at radius 1 is 1.17 bits per heavy atom. The number of carbonyl (C=O) groups is 2. The number of nitrogens with zero attached hydrogens (tertiary/aromatic N) is 6. The molecule has 0 radical (unpaired) electrons. The summed E-state index contributed by atoms with van der Waals surface area (Å²) in [6.45, 7) is 7.28. The molecule has 2 saturated heterocycles. The minimum absolute atomic E-state index is 0.0271.